The predicted molar refractivity (Wildman–Crippen MR) is 80.7 cm³/mol. The van der Waals surface area contributed by atoms with Gasteiger partial charge in [-0.25, -0.2) is 0 Å². The third-order valence-corrected chi connectivity index (χ3v) is 3.95. The second kappa shape index (κ2) is 7.31. The topological polar surface area (TPSA) is 58.6 Å². The molecule has 0 aliphatic carbocycles. The zero-order valence-electron chi connectivity index (χ0n) is 11.7. The standard InChI is InChI=1S/C13H12ClF3N2O3S/c14-8-1-2-10(22-6-13(15,16)17)9(3-8)18-11(20)4-19-7-23-5-12(19)21/h1-3H,4-7H2,(H,18,20). The molecular formula is C13H12ClF3N2O3S. The number of benzene rings is 1. The monoisotopic (exact) mass is 368 g/mol. The molecule has 1 N–H and O–H groups in total. The number of halogens is 4. The number of carbonyl (C=O) groups is 2. The Balaban J connectivity index is 2.03. The molecule has 5 nitrogen and oxygen atoms in total. The van der Waals surface area contributed by atoms with Gasteiger partial charge in [0.25, 0.3) is 0 Å². The summed E-state index contributed by atoms with van der Waals surface area (Å²) in [6, 6.07) is 3.87. The van der Waals surface area contributed by atoms with Crippen LogP contribution in [0.4, 0.5) is 18.9 Å². The van der Waals surface area contributed by atoms with Crippen molar-refractivity contribution in [3.05, 3.63) is 23.2 Å². The first kappa shape index (κ1) is 17.7. The summed E-state index contributed by atoms with van der Waals surface area (Å²) in [6.07, 6.45) is -4.50. The highest BCUT2D eigenvalue weighted by atomic mass is 35.5. The summed E-state index contributed by atoms with van der Waals surface area (Å²) in [6.45, 7) is -1.67. The van der Waals surface area contributed by atoms with Crippen molar-refractivity contribution in [1.82, 2.24) is 4.90 Å². The maximum absolute atomic E-state index is 12.2. The first-order valence-electron chi connectivity index (χ1n) is 6.39. The highest BCUT2D eigenvalue weighted by Crippen LogP contribution is 2.29. The van der Waals surface area contributed by atoms with Crippen molar-refractivity contribution in [2.24, 2.45) is 0 Å². The van der Waals surface area contributed by atoms with E-state index in [0.29, 0.717) is 11.6 Å². The van der Waals surface area contributed by atoms with E-state index >= 15 is 0 Å². The molecule has 0 aromatic heterocycles. The fourth-order valence-corrected chi connectivity index (χ4v) is 2.86. The lowest BCUT2D eigenvalue weighted by Crippen LogP contribution is -2.34. The smallest absolute Gasteiger partial charge is 0.422 e. The van der Waals surface area contributed by atoms with E-state index in [9.17, 15) is 22.8 Å². The van der Waals surface area contributed by atoms with Gasteiger partial charge in [0, 0.05) is 5.02 Å². The Labute approximate surface area is 139 Å². The second-order valence-corrected chi connectivity index (χ2v) is 6.05. The Kier molecular flexibility index (Phi) is 5.64. The summed E-state index contributed by atoms with van der Waals surface area (Å²) < 4.78 is 41.4. The van der Waals surface area contributed by atoms with Crippen LogP contribution in [0.25, 0.3) is 0 Å². The van der Waals surface area contributed by atoms with Gasteiger partial charge in [-0.3, -0.25) is 9.59 Å². The third kappa shape index (κ3) is 5.51. The molecule has 1 aromatic rings. The van der Waals surface area contributed by atoms with Crippen LogP contribution in [0, 0.1) is 0 Å². The number of rotatable bonds is 5. The fourth-order valence-electron chi connectivity index (χ4n) is 1.79. The van der Waals surface area contributed by atoms with E-state index < -0.39 is 18.7 Å². The second-order valence-electron chi connectivity index (χ2n) is 4.66. The molecule has 10 heteroatoms. The molecule has 23 heavy (non-hydrogen) atoms. The van der Waals surface area contributed by atoms with E-state index in [-0.39, 0.29) is 28.9 Å². The van der Waals surface area contributed by atoms with Gasteiger partial charge >= 0.3 is 6.18 Å². The molecule has 0 unspecified atom stereocenters. The lowest BCUT2D eigenvalue weighted by Gasteiger charge is -2.17. The van der Waals surface area contributed by atoms with Crippen LogP contribution in [-0.2, 0) is 9.59 Å². The molecule has 1 fully saturated rings. The van der Waals surface area contributed by atoms with Crippen molar-refractivity contribution in [3.63, 3.8) is 0 Å². The number of thioether (sulfide) groups is 1. The van der Waals surface area contributed by atoms with E-state index in [0.717, 1.165) is 0 Å². The normalized spacial score (nSPS) is 15.0. The largest absolute Gasteiger partial charge is 0.482 e. The lowest BCUT2D eigenvalue weighted by molar-refractivity contribution is -0.153. The van der Waals surface area contributed by atoms with Crippen LogP contribution >= 0.6 is 23.4 Å². The summed E-state index contributed by atoms with van der Waals surface area (Å²) in [5.41, 5.74) is 0.0195. The summed E-state index contributed by atoms with van der Waals surface area (Å²) in [5, 5.41) is 2.65. The van der Waals surface area contributed by atoms with Crippen LogP contribution in [0.1, 0.15) is 0 Å². The van der Waals surface area contributed by atoms with E-state index in [1.54, 1.807) is 0 Å². The quantitative estimate of drug-likeness (QED) is 0.868. The highest BCUT2D eigenvalue weighted by Gasteiger charge is 2.29. The van der Waals surface area contributed by atoms with Crippen molar-refractivity contribution in [3.8, 4) is 5.75 Å². The van der Waals surface area contributed by atoms with Crippen molar-refractivity contribution in [2.45, 2.75) is 6.18 Å². The molecule has 1 aromatic carbocycles. The zero-order chi connectivity index (χ0) is 17.0. The number of amides is 2. The molecule has 0 spiro atoms. The molecule has 1 aliphatic rings. The van der Waals surface area contributed by atoms with Gasteiger partial charge in [-0.15, -0.1) is 11.8 Å². The van der Waals surface area contributed by atoms with E-state index in [1.807, 2.05) is 0 Å². The van der Waals surface area contributed by atoms with Crippen LogP contribution in [0.3, 0.4) is 0 Å². The van der Waals surface area contributed by atoms with Gasteiger partial charge in [0.15, 0.2) is 6.61 Å². The number of alkyl halides is 3. The molecule has 1 saturated heterocycles. The SMILES string of the molecule is O=C(CN1CSCC1=O)Nc1cc(Cl)ccc1OCC(F)(F)F. The Bertz CT molecular complexity index is 613. The molecular weight excluding hydrogens is 357 g/mol. The maximum Gasteiger partial charge on any atom is 0.422 e. The summed E-state index contributed by atoms with van der Waals surface area (Å²) in [7, 11) is 0. The minimum Gasteiger partial charge on any atom is -0.482 e. The summed E-state index contributed by atoms with van der Waals surface area (Å²) in [4.78, 5) is 24.7. The first-order valence-corrected chi connectivity index (χ1v) is 7.92. The van der Waals surface area contributed by atoms with Gasteiger partial charge in [0.1, 0.15) is 12.3 Å². The third-order valence-electron chi connectivity index (χ3n) is 2.77. The zero-order valence-corrected chi connectivity index (χ0v) is 13.2. The van der Waals surface area contributed by atoms with Gasteiger partial charge in [-0.05, 0) is 18.2 Å². The number of hydrogen-bond acceptors (Lipinski definition) is 4. The van der Waals surface area contributed by atoms with Gasteiger partial charge < -0.3 is 15.0 Å². The van der Waals surface area contributed by atoms with Crippen LogP contribution in [-0.4, -0.2) is 47.7 Å². The van der Waals surface area contributed by atoms with E-state index in [1.165, 1.54) is 34.9 Å². The maximum atomic E-state index is 12.2. The highest BCUT2D eigenvalue weighted by molar-refractivity contribution is 8.00. The van der Waals surface area contributed by atoms with Crippen molar-refractivity contribution >= 4 is 40.9 Å². The Morgan fingerprint density at radius 1 is 1.43 bits per heavy atom. The van der Waals surface area contributed by atoms with E-state index in [2.05, 4.69) is 10.1 Å². The van der Waals surface area contributed by atoms with Crippen LogP contribution in [0.2, 0.25) is 5.02 Å². The van der Waals surface area contributed by atoms with Crippen molar-refractivity contribution < 1.29 is 27.5 Å². The predicted octanol–water partition coefficient (Wildman–Crippen LogP) is 2.75. The Morgan fingerprint density at radius 3 is 2.78 bits per heavy atom. The van der Waals surface area contributed by atoms with Gasteiger partial charge in [-0.1, -0.05) is 11.6 Å². The van der Waals surface area contributed by atoms with Crippen LogP contribution in [0.15, 0.2) is 18.2 Å². The summed E-state index contributed by atoms with van der Waals surface area (Å²) >= 11 is 7.17. The fraction of sp³-hybridized carbons (Fsp3) is 0.385. The molecule has 126 valence electrons. The average molecular weight is 369 g/mol. The number of anilines is 1. The first-order chi connectivity index (χ1) is 10.7. The molecule has 2 amide bonds. The van der Waals surface area contributed by atoms with E-state index in [4.69, 9.17) is 11.6 Å². The molecule has 2 rings (SSSR count). The Hall–Kier alpha value is -1.61. The molecule has 1 heterocycles. The minimum atomic E-state index is -4.50. The van der Waals surface area contributed by atoms with Gasteiger partial charge in [0.2, 0.25) is 11.8 Å². The molecule has 1 aliphatic heterocycles. The number of ether oxygens (including phenoxy) is 1. The molecule has 0 radical (unpaired) electrons. The Morgan fingerprint density at radius 2 is 2.17 bits per heavy atom. The number of carbonyl (C=O) groups excluding carboxylic acids is 2. The molecule has 0 bridgehead atoms. The van der Waals surface area contributed by atoms with Crippen molar-refractivity contribution in [1.29, 1.82) is 0 Å². The molecule has 0 saturated carbocycles. The van der Waals surface area contributed by atoms with Gasteiger partial charge in [0.05, 0.1) is 17.3 Å². The van der Waals surface area contributed by atoms with Gasteiger partial charge in [-0.2, -0.15) is 13.2 Å². The van der Waals surface area contributed by atoms with Crippen LogP contribution < -0.4 is 10.1 Å². The molecule has 0 atom stereocenters. The number of nitrogens with one attached hydrogen (secondary N) is 1. The average Bonchev–Trinajstić information content (AvgIpc) is 2.82. The number of nitrogens with zero attached hydrogens (tertiary/aromatic N) is 1. The number of hydrogen-bond donors (Lipinski definition) is 1. The summed E-state index contributed by atoms with van der Waals surface area (Å²) in [5.74, 6) is -0.143. The minimum absolute atomic E-state index is 0.0195. The van der Waals surface area contributed by atoms with Crippen LogP contribution in [0.5, 0.6) is 5.75 Å². The lowest BCUT2D eigenvalue weighted by atomic mass is 10.3. The van der Waals surface area contributed by atoms with Crippen molar-refractivity contribution in [2.75, 3.05) is 30.1 Å².